The zero-order valence-corrected chi connectivity index (χ0v) is 80.4. The number of carbonyl (C=O) groups is 11. The number of hydrogen-bond donors (Lipinski definition) is 8. The van der Waals surface area contributed by atoms with Gasteiger partial charge in [0.25, 0.3) is 11.8 Å². The molecule has 0 atom stereocenters. The number of methoxy groups -OCH3 is 3. The van der Waals surface area contributed by atoms with E-state index in [4.69, 9.17) is 24.7 Å². The third kappa shape index (κ3) is 34.7. The number of benzene rings is 9. The van der Waals surface area contributed by atoms with Crippen molar-refractivity contribution >= 4 is 137 Å². The minimum Gasteiger partial charge on any atom is -0.480 e. The Hall–Kier alpha value is -11.9. The molecular weight excluding hydrogens is 1780 g/mol. The summed E-state index contributed by atoms with van der Waals surface area (Å²) in [6, 6.07) is 74.4. The second-order valence-corrected chi connectivity index (χ2v) is 38.2. The lowest BCUT2D eigenvalue weighted by molar-refractivity contribution is -0.140. The summed E-state index contributed by atoms with van der Waals surface area (Å²) in [7, 11) is 0.551. The number of carboxylic acids is 3. The van der Waals surface area contributed by atoms with Gasteiger partial charge in [-0.2, -0.15) is 0 Å². The van der Waals surface area contributed by atoms with Crippen LogP contribution in [-0.4, -0.2) is 338 Å². The van der Waals surface area contributed by atoms with Crippen molar-refractivity contribution in [3.63, 3.8) is 0 Å². The number of nitrogens with one attached hydrogen (secondary N) is 4. The van der Waals surface area contributed by atoms with Crippen molar-refractivity contribution in [1.29, 1.82) is 0 Å². The number of ether oxygens (including phenoxy) is 4. The van der Waals surface area contributed by atoms with Crippen LogP contribution in [0.15, 0.2) is 237 Å². The number of amides is 4. The molecule has 9 N–H and O–H groups in total. The van der Waals surface area contributed by atoms with Gasteiger partial charge in [0.2, 0.25) is 11.8 Å². The van der Waals surface area contributed by atoms with Crippen molar-refractivity contribution in [2.45, 2.75) is 20.8 Å². The van der Waals surface area contributed by atoms with Gasteiger partial charge >= 0.3 is 41.8 Å². The van der Waals surface area contributed by atoms with Gasteiger partial charge in [-0.25, -0.2) is 19.2 Å². The number of rotatable bonds is 36. The summed E-state index contributed by atoms with van der Waals surface area (Å²) in [5.41, 5.74) is 7.81. The molecule has 2 aliphatic heterocycles. The molecule has 0 spiro atoms. The van der Waals surface area contributed by atoms with Crippen LogP contribution >= 0.6 is 23.8 Å². The fourth-order valence-electron chi connectivity index (χ4n) is 15.3. The summed E-state index contributed by atoms with van der Waals surface area (Å²) < 4.78 is 20.4. The normalized spacial score (nSPS) is 14.5. The van der Waals surface area contributed by atoms with Gasteiger partial charge in [0.05, 0.1) is 76.3 Å². The van der Waals surface area contributed by atoms with Crippen molar-refractivity contribution in [2.75, 3.05) is 218 Å². The van der Waals surface area contributed by atoms with E-state index in [2.05, 4.69) is 61.6 Å². The molecule has 9 aromatic carbocycles. The van der Waals surface area contributed by atoms with Crippen LogP contribution in [0.2, 0.25) is 0 Å². The zero-order chi connectivity index (χ0) is 96.8. The molecule has 0 aromatic heterocycles. The van der Waals surface area contributed by atoms with E-state index in [1.807, 2.05) is 193 Å². The molecule has 11 rings (SSSR count). The number of hydrogen-bond acceptors (Lipinski definition) is 24. The predicted molar refractivity (Wildman–Crippen MR) is 531 cm³/mol. The molecule has 2 saturated heterocycles. The number of esters is 4. The average molecular weight is 1900 g/mol. The first-order valence-corrected chi connectivity index (χ1v) is 49.3. The zero-order valence-electron chi connectivity index (χ0n) is 77.7. The number of nitrogens with two attached hydrogens (primary N) is 1. The maximum Gasteiger partial charge on any atom is 0.338 e. The minimum absolute atomic E-state index is 0.0457. The summed E-state index contributed by atoms with van der Waals surface area (Å²) in [6.07, 6.45) is 0. The summed E-state index contributed by atoms with van der Waals surface area (Å²) in [5.74, 6) is -6.03. The van der Waals surface area contributed by atoms with Crippen LogP contribution in [0.1, 0.15) is 82.9 Å². The van der Waals surface area contributed by atoms with E-state index in [1.165, 1.54) is 21.3 Å². The molecule has 9 aromatic rings. The summed E-state index contributed by atoms with van der Waals surface area (Å²) in [5, 5.41) is 48.3. The van der Waals surface area contributed by atoms with Crippen molar-refractivity contribution < 1.29 is 87.0 Å². The highest BCUT2D eigenvalue weighted by Gasteiger charge is 2.31. The molecule has 2 aliphatic rings. The minimum atomic E-state index is -1.24. The highest BCUT2D eigenvalue weighted by molar-refractivity contribution is 7.80. The molecule has 0 bridgehead atoms. The molecule has 0 unspecified atom stereocenters. The smallest absolute Gasteiger partial charge is 0.338 e. The van der Waals surface area contributed by atoms with E-state index in [1.54, 1.807) is 63.2 Å². The van der Waals surface area contributed by atoms with Gasteiger partial charge in [0, 0.05) is 164 Å². The summed E-state index contributed by atoms with van der Waals surface area (Å²) >= 11 is 0. The van der Waals surface area contributed by atoms with Gasteiger partial charge in [-0.05, 0) is 130 Å². The third-order valence-electron chi connectivity index (χ3n) is 22.6. The highest BCUT2D eigenvalue weighted by atomic mass is 31.1. The first kappa shape index (κ1) is 107. The number of nitrogens with zero attached hydrogens (tertiary/aromatic N) is 8. The van der Waals surface area contributed by atoms with E-state index in [-0.39, 0.29) is 116 Å². The fraction of sp³-hybridized carbons (Fsp3) is 0.356. The van der Waals surface area contributed by atoms with Crippen LogP contribution in [0.4, 0.5) is 0 Å². The molecule has 0 saturated carbocycles. The quantitative estimate of drug-likeness (QED) is 0.0118. The topological polar surface area (TPSA) is 385 Å². The molecule has 31 nitrogen and oxygen atoms in total. The monoisotopic (exact) mass is 1900 g/mol. The van der Waals surface area contributed by atoms with Crippen LogP contribution in [0.25, 0.3) is 0 Å². The van der Waals surface area contributed by atoms with Crippen LogP contribution in [0.3, 0.4) is 0 Å². The number of carboxylic acid groups (broad SMARTS) is 3. The molecule has 718 valence electrons. The lowest BCUT2D eigenvalue weighted by Crippen LogP contribution is -2.50. The number of carbonyl (C=O) groups excluding carboxylic acids is 8. The molecule has 4 amide bonds. The van der Waals surface area contributed by atoms with Crippen molar-refractivity contribution in [3.8, 4) is 0 Å². The fourth-order valence-corrected chi connectivity index (χ4v) is 22.7. The second kappa shape index (κ2) is 57.7. The molecule has 0 aliphatic carbocycles. The van der Waals surface area contributed by atoms with Gasteiger partial charge in [0.15, 0.2) is 0 Å². The Bertz CT molecular complexity index is 5110. The van der Waals surface area contributed by atoms with Gasteiger partial charge in [0.1, 0.15) is 6.61 Å². The maximum atomic E-state index is 13.4. The van der Waals surface area contributed by atoms with Crippen LogP contribution in [0.5, 0.6) is 0 Å². The molecule has 135 heavy (non-hydrogen) atoms. The first-order valence-electron chi connectivity index (χ1n) is 45.2. The van der Waals surface area contributed by atoms with E-state index in [0.717, 1.165) is 114 Å². The Morgan fingerprint density at radius 2 is 0.519 bits per heavy atom. The predicted octanol–water partition coefficient (Wildman–Crippen LogP) is 4.26. The molecule has 2 fully saturated rings. The van der Waals surface area contributed by atoms with E-state index >= 15 is 0 Å². The second-order valence-electron chi connectivity index (χ2n) is 31.7. The number of aliphatic carboxylic acids is 3. The van der Waals surface area contributed by atoms with Gasteiger partial charge in [-0.1, -0.05) is 203 Å². The Balaban J connectivity index is 0.000000238. The molecule has 0 radical (unpaired) electrons. The SMILES string of the molecule is CCN1CCN(CC)CCN(CC(=O)NCCNC(=O)c2ccc(C(=O)OC)c(P(c3ccccc3)c3ccccc3)c2)CCN(CC)CC1.COC(=O)c1ccc(C(=O)NCCNC(=O)CN2CCN(CC(=O)O)CCN(CC(=O)O)CCN(CC(=O)O)CC2)cc1P(c1ccccc1)c1ccccc1.COC(=O)c1ccc(C(=O)OCCN)cc1P(c1ccccc1)c1ccccc1. The standard InChI is InChI=1S/C39H49N6O10P.C39H55N6O4P.C23H22NO4P/c1-55-39(54)32-13-12-29(24-33(32)56(30-8-4-2-5-9-30)31-10-6-3-7-11-31)38(53)41-15-14-40-34(46)25-42-16-18-43(26-35(47)48)20-22-45(28-37(51)52)23-21-44(19-17-42)27-36(49)50;1-5-42-22-24-43(6-2)26-28-45(29-27-44(7-3)25-23-42)31-37(46)40-20-21-41-38(47)32-18-19-35(39(48)49-4)36(30-32)50(33-14-10-8-11-15-33)34-16-12-9-13-17-34;1-27-23(26)20-13-12-17(22(25)28-15-14-24)16-21(20)29(18-8-4-2-5-9-18)19-10-6-3-7-11-19/h2-13,24H,14-23,25-28H2,1H3,(H,40,46)(H,41,53)(H,47,48)(H,49,50)(H,51,52);8-19,30H,5-7,20-29,31H2,1-4H3,(H,40,46)(H,41,47);2-13,16H,14-15,24H2,1H3. The van der Waals surface area contributed by atoms with Crippen LogP contribution in [0, 0.1) is 0 Å². The van der Waals surface area contributed by atoms with Gasteiger partial charge in [-0.3, -0.25) is 58.1 Å². The van der Waals surface area contributed by atoms with Crippen molar-refractivity contribution in [2.24, 2.45) is 5.73 Å². The number of likely N-dealkylation sites (N-methyl/N-ethyl adjacent to an activating group) is 3. The Morgan fingerprint density at radius 1 is 0.296 bits per heavy atom. The lowest BCUT2D eigenvalue weighted by atomic mass is 10.1. The Labute approximate surface area is 794 Å². The first-order chi connectivity index (χ1) is 65.4. The van der Waals surface area contributed by atoms with Crippen molar-refractivity contribution in [3.05, 3.63) is 270 Å². The molecular formula is C101H126N13O18P3. The van der Waals surface area contributed by atoms with Crippen molar-refractivity contribution in [1.82, 2.24) is 60.5 Å². The average Bonchev–Trinajstić information content (AvgIpc) is 0.791. The maximum absolute atomic E-state index is 13.4. The third-order valence-corrected chi connectivity index (χ3v) is 30.0. The lowest BCUT2D eigenvalue weighted by Gasteiger charge is -2.33. The Kier molecular flexibility index (Phi) is 45.6. The highest BCUT2D eigenvalue weighted by Crippen LogP contribution is 2.38. The summed E-state index contributed by atoms with van der Waals surface area (Å²) in [4.78, 5) is 155. The molecule has 34 heteroatoms. The van der Waals surface area contributed by atoms with E-state index in [9.17, 15) is 68.1 Å². The van der Waals surface area contributed by atoms with E-state index < -0.39 is 71.5 Å². The Morgan fingerprint density at radius 3 is 0.748 bits per heavy atom. The molecule has 2 heterocycles. The van der Waals surface area contributed by atoms with Gasteiger partial charge in [-0.15, -0.1) is 0 Å². The van der Waals surface area contributed by atoms with Crippen LogP contribution < -0.4 is 74.7 Å². The van der Waals surface area contributed by atoms with E-state index in [0.29, 0.717) is 64.9 Å². The van der Waals surface area contributed by atoms with Crippen LogP contribution in [-0.2, 0) is 42.9 Å². The summed E-state index contributed by atoms with van der Waals surface area (Å²) in [6.45, 7) is 20.3. The van der Waals surface area contributed by atoms with Gasteiger partial charge < -0.3 is 76.0 Å². The largest absolute Gasteiger partial charge is 0.480 e.